The van der Waals surface area contributed by atoms with Crippen LogP contribution in [0.25, 0.3) is 17.0 Å². The third-order valence-corrected chi connectivity index (χ3v) is 3.56. The number of aromatic amines is 1. The van der Waals surface area contributed by atoms with Gasteiger partial charge in [0.1, 0.15) is 6.07 Å². The number of carbonyl (C=O) groups is 1. The molecule has 3 heteroatoms. The maximum absolute atomic E-state index is 12.3. The zero-order valence-corrected chi connectivity index (χ0v) is 12.9. The van der Waals surface area contributed by atoms with Crippen LogP contribution in [0.1, 0.15) is 38.8 Å². The van der Waals surface area contributed by atoms with Crippen molar-refractivity contribution in [2.24, 2.45) is 5.41 Å². The Hall–Kier alpha value is -2.34. The number of nitrogens with one attached hydrogen (secondary N) is 1. The van der Waals surface area contributed by atoms with Crippen LogP contribution in [0.4, 0.5) is 0 Å². The summed E-state index contributed by atoms with van der Waals surface area (Å²) in [4.78, 5) is 15.5. The summed E-state index contributed by atoms with van der Waals surface area (Å²) in [6.45, 7) is 7.58. The Labute approximate surface area is 125 Å². The summed E-state index contributed by atoms with van der Waals surface area (Å²) in [6.07, 6.45) is 4.48. The average Bonchev–Trinajstić information content (AvgIpc) is 2.86. The molecule has 0 aliphatic heterocycles. The van der Waals surface area contributed by atoms with Crippen LogP contribution < -0.4 is 0 Å². The number of carbonyl (C=O) groups excluding carboxylic acids is 1. The number of H-pyrrole nitrogens is 1. The van der Waals surface area contributed by atoms with E-state index in [0.29, 0.717) is 0 Å². The molecule has 1 N–H and O–H groups in total. The molecule has 0 aliphatic rings. The second-order valence-electron chi connectivity index (χ2n) is 6.19. The number of fused-ring (bicyclic) bond motifs is 1. The van der Waals surface area contributed by atoms with Crippen molar-refractivity contribution in [1.29, 1.82) is 5.26 Å². The molecule has 0 aliphatic carbocycles. The van der Waals surface area contributed by atoms with Crippen LogP contribution in [-0.4, -0.2) is 10.8 Å². The van der Waals surface area contributed by atoms with E-state index in [1.54, 1.807) is 6.08 Å². The molecule has 3 nitrogen and oxygen atoms in total. The van der Waals surface area contributed by atoms with E-state index >= 15 is 0 Å². The zero-order valence-electron chi connectivity index (χ0n) is 12.9. The Kier molecular flexibility index (Phi) is 3.99. The fourth-order valence-electron chi connectivity index (χ4n) is 2.36. The summed E-state index contributed by atoms with van der Waals surface area (Å²) in [5.41, 5.74) is 2.83. The molecule has 21 heavy (non-hydrogen) atoms. The van der Waals surface area contributed by atoms with Gasteiger partial charge in [0.25, 0.3) is 0 Å². The molecule has 1 heterocycles. The molecule has 0 atom stereocenters. The van der Waals surface area contributed by atoms with Crippen molar-refractivity contribution in [3.63, 3.8) is 0 Å². The first kappa shape index (κ1) is 15.1. The van der Waals surface area contributed by atoms with E-state index < -0.39 is 5.41 Å². The number of nitriles is 1. The molecule has 0 unspecified atom stereocenters. The van der Waals surface area contributed by atoms with Crippen molar-refractivity contribution in [3.05, 3.63) is 41.1 Å². The van der Waals surface area contributed by atoms with Gasteiger partial charge in [0.15, 0.2) is 5.78 Å². The van der Waals surface area contributed by atoms with Gasteiger partial charge in [-0.15, -0.1) is 0 Å². The number of hydrogen-bond donors (Lipinski definition) is 1. The second-order valence-corrected chi connectivity index (χ2v) is 6.19. The number of aromatic nitrogens is 1. The van der Waals surface area contributed by atoms with Gasteiger partial charge < -0.3 is 4.98 Å². The molecule has 0 radical (unpaired) electrons. The normalized spacial score (nSPS) is 12.4. The highest BCUT2D eigenvalue weighted by Crippen LogP contribution is 2.26. The maximum Gasteiger partial charge on any atom is 0.178 e. The molecule has 2 rings (SSSR count). The highest BCUT2D eigenvalue weighted by molar-refractivity contribution is 6.07. The minimum Gasteiger partial charge on any atom is -0.360 e. The van der Waals surface area contributed by atoms with Crippen molar-refractivity contribution in [2.45, 2.75) is 34.1 Å². The first-order chi connectivity index (χ1) is 9.88. The molecule has 1 aromatic carbocycles. The Bertz CT molecular complexity index is 752. The van der Waals surface area contributed by atoms with Crippen LogP contribution in [0.15, 0.2) is 30.0 Å². The largest absolute Gasteiger partial charge is 0.360 e. The molecule has 0 spiro atoms. The van der Waals surface area contributed by atoms with E-state index in [1.807, 2.05) is 45.2 Å². The number of rotatable bonds is 3. The van der Waals surface area contributed by atoms with Gasteiger partial charge >= 0.3 is 0 Å². The van der Waals surface area contributed by atoms with Crippen molar-refractivity contribution in [1.82, 2.24) is 4.98 Å². The monoisotopic (exact) mass is 280 g/mol. The number of allylic oxidation sites excluding steroid dienone is 1. The maximum atomic E-state index is 12.3. The Morgan fingerprint density at radius 3 is 2.67 bits per heavy atom. The van der Waals surface area contributed by atoms with Crippen LogP contribution in [0.3, 0.4) is 0 Å². The molecular formula is C18H20N2O. The van der Waals surface area contributed by atoms with E-state index in [-0.39, 0.29) is 11.4 Å². The van der Waals surface area contributed by atoms with Crippen molar-refractivity contribution in [2.75, 3.05) is 0 Å². The number of ketones is 1. The zero-order chi connectivity index (χ0) is 15.6. The summed E-state index contributed by atoms with van der Waals surface area (Å²) in [5, 5.41) is 10.3. The third kappa shape index (κ3) is 2.90. The van der Waals surface area contributed by atoms with Gasteiger partial charge in [0.2, 0.25) is 0 Å². The second kappa shape index (κ2) is 5.57. The fraction of sp³-hybridized carbons (Fsp3) is 0.333. The predicted octanol–water partition coefficient (Wildman–Crippen LogP) is 4.25. The standard InChI is InChI=1S/C18H20N2O/c1-5-12-7-6-8-15-14(11-20-16(12)15)9-13(10-19)17(21)18(2,3)4/h6-9,11,20H,5H2,1-4H3/b13-9+. The van der Waals surface area contributed by atoms with Gasteiger partial charge in [-0.2, -0.15) is 5.26 Å². The predicted molar refractivity (Wildman–Crippen MR) is 85.7 cm³/mol. The molecular weight excluding hydrogens is 260 g/mol. The number of aryl methyl sites for hydroxylation is 1. The molecule has 0 saturated carbocycles. The Balaban J connectivity index is 2.55. The minimum atomic E-state index is -0.553. The molecule has 0 bridgehead atoms. The van der Waals surface area contributed by atoms with Crippen LogP contribution in [0, 0.1) is 16.7 Å². The quantitative estimate of drug-likeness (QED) is 0.675. The number of para-hydroxylation sites is 1. The lowest BCUT2D eigenvalue weighted by Crippen LogP contribution is -2.21. The Morgan fingerprint density at radius 1 is 1.38 bits per heavy atom. The van der Waals surface area contributed by atoms with Crippen molar-refractivity contribution < 1.29 is 4.79 Å². The fourth-order valence-corrected chi connectivity index (χ4v) is 2.36. The van der Waals surface area contributed by atoms with E-state index in [4.69, 9.17) is 0 Å². The SMILES string of the molecule is CCc1cccc2c(/C=C(\C#N)C(=O)C(C)(C)C)c[nH]c12. The lowest BCUT2D eigenvalue weighted by atomic mass is 9.86. The lowest BCUT2D eigenvalue weighted by Gasteiger charge is -2.15. The van der Waals surface area contributed by atoms with Crippen molar-refractivity contribution in [3.8, 4) is 6.07 Å². The van der Waals surface area contributed by atoms with E-state index in [2.05, 4.69) is 18.0 Å². The van der Waals surface area contributed by atoms with Crippen LogP contribution in [-0.2, 0) is 11.2 Å². The van der Waals surface area contributed by atoms with E-state index in [1.165, 1.54) is 5.56 Å². The summed E-state index contributed by atoms with van der Waals surface area (Å²) in [7, 11) is 0. The number of hydrogen-bond acceptors (Lipinski definition) is 2. The smallest absolute Gasteiger partial charge is 0.178 e. The highest BCUT2D eigenvalue weighted by Gasteiger charge is 2.25. The third-order valence-electron chi connectivity index (χ3n) is 3.56. The van der Waals surface area contributed by atoms with Crippen LogP contribution in [0.5, 0.6) is 0 Å². The molecule has 108 valence electrons. The van der Waals surface area contributed by atoms with Gasteiger partial charge in [-0.1, -0.05) is 45.9 Å². The lowest BCUT2D eigenvalue weighted by molar-refractivity contribution is -0.121. The van der Waals surface area contributed by atoms with Gasteiger partial charge in [-0.05, 0) is 18.1 Å². The van der Waals surface area contributed by atoms with E-state index in [9.17, 15) is 10.1 Å². The topological polar surface area (TPSA) is 56.6 Å². The summed E-state index contributed by atoms with van der Waals surface area (Å²) in [6, 6.07) is 8.13. The average molecular weight is 280 g/mol. The number of benzene rings is 1. The molecule has 1 aromatic heterocycles. The van der Waals surface area contributed by atoms with Gasteiger partial charge in [-0.25, -0.2) is 0 Å². The molecule has 0 saturated heterocycles. The van der Waals surface area contributed by atoms with Crippen LogP contribution in [0.2, 0.25) is 0 Å². The Morgan fingerprint density at radius 2 is 2.10 bits per heavy atom. The molecule has 2 aromatic rings. The number of nitrogens with zero attached hydrogens (tertiary/aromatic N) is 1. The first-order valence-corrected chi connectivity index (χ1v) is 7.14. The first-order valence-electron chi connectivity index (χ1n) is 7.14. The highest BCUT2D eigenvalue weighted by atomic mass is 16.1. The van der Waals surface area contributed by atoms with Crippen molar-refractivity contribution >= 4 is 22.8 Å². The summed E-state index contributed by atoms with van der Waals surface area (Å²) in [5.74, 6) is -0.133. The van der Waals surface area contributed by atoms with Gasteiger partial charge in [-0.3, -0.25) is 4.79 Å². The van der Waals surface area contributed by atoms with Gasteiger partial charge in [0, 0.05) is 28.1 Å². The summed E-state index contributed by atoms with van der Waals surface area (Å²) < 4.78 is 0. The number of Topliss-reactive ketones (excluding diaryl/α,β-unsaturated/α-hetero) is 1. The van der Waals surface area contributed by atoms with Gasteiger partial charge in [0.05, 0.1) is 5.57 Å². The van der Waals surface area contributed by atoms with Crippen LogP contribution >= 0.6 is 0 Å². The molecule has 0 fully saturated rings. The van der Waals surface area contributed by atoms with E-state index in [0.717, 1.165) is 22.9 Å². The summed E-state index contributed by atoms with van der Waals surface area (Å²) >= 11 is 0. The molecule has 0 amide bonds. The minimum absolute atomic E-state index is 0.133.